The topological polar surface area (TPSA) is 78.4 Å². The second kappa shape index (κ2) is 8.16. The molecule has 5 nitrogen and oxygen atoms in total. The van der Waals surface area contributed by atoms with Gasteiger partial charge in [-0.1, -0.05) is 6.07 Å². The molecule has 0 aliphatic carbocycles. The zero-order valence-electron chi connectivity index (χ0n) is 11.3. The van der Waals surface area contributed by atoms with E-state index >= 15 is 0 Å². The van der Waals surface area contributed by atoms with Crippen LogP contribution in [0.2, 0.25) is 0 Å². The molecule has 0 unspecified atom stereocenters. The van der Waals surface area contributed by atoms with Crippen molar-refractivity contribution in [3.8, 4) is 0 Å². The molecule has 0 aromatic heterocycles. The molecule has 0 bridgehead atoms. The summed E-state index contributed by atoms with van der Waals surface area (Å²) in [5.74, 6) is -0.358. The van der Waals surface area contributed by atoms with Crippen LogP contribution in [0.5, 0.6) is 0 Å². The molecule has 1 aromatic carbocycles. The summed E-state index contributed by atoms with van der Waals surface area (Å²) < 4.78 is 0.753. The summed E-state index contributed by atoms with van der Waals surface area (Å²) in [7, 11) is 0. The lowest BCUT2D eigenvalue weighted by atomic mass is 10.2. The summed E-state index contributed by atoms with van der Waals surface area (Å²) in [5, 5.41) is 14.1. The van der Waals surface area contributed by atoms with E-state index in [0.717, 1.165) is 10.0 Å². The van der Waals surface area contributed by atoms with Gasteiger partial charge in [-0.05, 0) is 59.0 Å². The number of anilines is 1. The van der Waals surface area contributed by atoms with Gasteiger partial charge >= 0.3 is 12.0 Å². The molecule has 0 fully saturated rings. The molecule has 0 aliphatic rings. The fourth-order valence-corrected chi connectivity index (χ4v) is 2.60. The number of amides is 2. The van der Waals surface area contributed by atoms with Crippen LogP contribution in [0.1, 0.15) is 12.0 Å². The van der Waals surface area contributed by atoms with Crippen LogP contribution < -0.4 is 10.6 Å². The predicted octanol–water partition coefficient (Wildman–Crippen LogP) is 3.09. The number of thioether (sulfide) groups is 1. The average molecular weight is 361 g/mol. The Morgan fingerprint density at radius 3 is 2.70 bits per heavy atom. The molecule has 110 valence electrons. The van der Waals surface area contributed by atoms with E-state index in [9.17, 15) is 9.59 Å². The summed E-state index contributed by atoms with van der Waals surface area (Å²) in [6, 6.07) is 4.09. The highest BCUT2D eigenvalue weighted by atomic mass is 79.9. The summed E-state index contributed by atoms with van der Waals surface area (Å²) in [4.78, 5) is 22.9. The van der Waals surface area contributed by atoms with Gasteiger partial charge in [0.25, 0.3) is 0 Å². The number of hydrogen-bond donors (Lipinski definition) is 3. The molecule has 0 saturated heterocycles. The number of rotatable bonds is 6. The van der Waals surface area contributed by atoms with Crippen molar-refractivity contribution in [2.45, 2.75) is 19.4 Å². The molecule has 2 amide bonds. The van der Waals surface area contributed by atoms with Crippen molar-refractivity contribution in [2.75, 3.05) is 17.3 Å². The van der Waals surface area contributed by atoms with Crippen molar-refractivity contribution in [3.05, 3.63) is 28.2 Å². The van der Waals surface area contributed by atoms with E-state index in [1.54, 1.807) is 6.07 Å². The Morgan fingerprint density at radius 2 is 2.15 bits per heavy atom. The smallest absolute Gasteiger partial charge is 0.326 e. The number of aliphatic carboxylic acids is 1. The minimum atomic E-state index is -1.03. The molecule has 1 aromatic rings. The monoisotopic (exact) mass is 360 g/mol. The second-order valence-electron chi connectivity index (χ2n) is 4.25. The maximum Gasteiger partial charge on any atom is 0.326 e. The molecular weight excluding hydrogens is 344 g/mol. The largest absolute Gasteiger partial charge is 0.480 e. The van der Waals surface area contributed by atoms with E-state index in [0.29, 0.717) is 17.9 Å². The Kier molecular flexibility index (Phi) is 6.87. The van der Waals surface area contributed by atoms with Crippen molar-refractivity contribution in [2.24, 2.45) is 0 Å². The number of carbonyl (C=O) groups is 2. The normalized spacial score (nSPS) is 11.8. The molecule has 20 heavy (non-hydrogen) atoms. The van der Waals surface area contributed by atoms with Gasteiger partial charge in [-0.3, -0.25) is 0 Å². The second-order valence-corrected chi connectivity index (χ2v) is 6.09. The first-order valence-electron chi connectivity index (χ1n) is 5.99. The Morgan fingerprint density at radius 1 is 1.45 bits per heavy atom. The van der Waals surface area contributed by atoms with Crippen LogP contribution >= 0.6 is 27.7 Å². The van der Waals surface area contributed by atoms with Crippen molar-refractivity contribution in [3.63, 3.8) is 0 Å². The van der Waals surface area contributed by atoms with Gasteiger partial charge in [0, 0.05) is 4.47 Å². The number of carboxylic acid groups (broad SMARTS) is 1. The number of aryl methyl sites for hydroxylation is 1. The highest BCUT2D eigenvalue weighted by molar-refractivity contribution is 9.10. The Labute approximate surface area is 130 Å². The van der Waals surface area contributed by atoms with Crippen LogP contribution in [0, 0.1) is 6.92 Å². The quantitative estimate of drug-likeness (QED) is 0.728. The fraction of sp³-hybridized carbons (Fsp3) is 0.385. The molecule has 0 saturated carbocycles. The maximum atomic E-state index is 11.8. The van der Waals surface area contributed by atoms with Crippen LogP contribution in [0.15, 0.2) is 22.7 Å². The van der Waals surface area contributed by atoms with E-state index in [4.69, 9.17) is 5.11 Å². The molecule has 0 aliphatic heterocycles. The van der Waals surface area contributed by atoms with Crippen molar-refractivity contribution < 1.29 is 14.7 Å². The third-order valence-electron chi connectivity index (χ3n) is 2.59. The molecule has 1 atom stereocenters. The lowest BCUT2D eigenvalue weighted by molar-refractivity contribution is -0.139. The highest BCUT2D eigenvalue weighted by Gasteiger charge is 2.19. The van der Waals surface area contributed by atoms with Gasteiger partial charge in [-0.15, -0.1) is 0 Å². The summed E-state index contributed by atoms with van der Waals surface area (Å²) in [5.41, 5.74) is 1.66. The van der Waals surface area contributed by atoms with Crippen molar-refractivity contribution >= 4 is 45.4 Å². The maximum absolute atomic E-state index is 11.8. The molecule has 0 spiro atoms. The zero-order valence-corrected chi connectivity index (χ0v) is 13.7. The molecule has 0 radical (unpaired) electrons. The van der Waals surface area contributed by atoms with Gasteiger partial charge in [0.05, 0.1) is 5.69 Å². The number of carboxylic acids is 1. The molecule has 7 heteroatoms. The van der Waals surface area contributed by atoms with Gasteiger partial charge in [0.15, 0.2) is 0 Å². The summed E-state index contributed by atoms with van der Waals surface area (Å²) in [6.45, 7) is 1.94. The van der Waals surface area contributed by atoms with E-state index in [-0.39, 0.29) is 0 Å². The third-order valence-corrected chi connectivity index (χ3v) is 3.89. The van der Waals surface area contributed by atoms with Crippen molar-refractivity contribution in [1.29, 1.82) is 0 Å². The van der Waals surface area contributed by atoms with Crippen LogP contribution in [-0.2, 0) is 4.79 Å². The lowest BCUT2D eigenvalue weighted by Crippen LogP contribution is -2.43. The first kappa shape index (κ1) is 16.8. The predicted molar refractivity (Wildman–Crippen MR) is 85.5 cm³/mol. The van der Waals surface area contributed by atoms with Crippen LogP contribution in [-0.4, -0.2) is 35.2 Å². The van der Waals surface area contributed by atoms with Gasteiger partial charge in [-0.25, -0.2) is 9.59 Å². The van der Waals surface area contributed by atoms with Gasteiger partial charge in [-0.2, -0.15) is 11.8 Å². The van der Waals surface area contributed by atoms with Gasteiger partial charge < -0.3 is 15.7 Å². The van der Waals surface area contributed by atoms with Gasteiger partial charge in [0.2, 0.25) is 0 Å². The van der Waals surface area contributed by atoms with E-state index in [1.807, 2.05) is 25.3 Å². The first-order valence-corrected chi connectivity index (χ1v) is 8.18. The van der Waals surface area contributed by atoms with Crippen LogP contribution in [0.4, 0.5) is 10.5 Å². The standard InChI is InChI=1S/C13H17BrN2O3S/c1-8-3-4-10(9(14)7-8)15-13(19)16-11(12(17)18)5-6-20-2/h3-4,7,11H,5-6H2,1-2H3,(H,17,18)(H2,15,16,19)/t11-/m1/s1. The highest BCUT2D eigenvalue weighted by Crippen LogP contribution is 2.23. The Bertz CT molecular complexity index is 497. The van der Waals surface area contributed by atoms with Crippen molar-refractivity contribution in [1.82, 2.24) is 5.32 Å². The molecular formula is C13H17BrN2O3S. The molecule has 3 N–H and O–H groups in total. The molecule has 0 heterocycles. The number of hydrogen-bond acceptors (Lipinski definition) is 3. The number of urea groups is 1. The van der Waals surface area contributed by atoms with E-state index < -0.39 is 18.0 Å². The summed E-state index contributed by atoms with van der Waals surface area (Å²) in [6.07, 6.45) is 2.28. The SMILES string of the molecule is CSCC[C@@H](NC(=O)Nc1ccc(C)cc1Br)C(=O)O. The minimum Gasteiger partial charge on any atom is -0.480 e. The summed E-state index contributed by atoms with van der Waals surface area (Å²) >= 11 is 4.89. The number of nitrogens with one attached hydrogen (secondary N) is 2. The number of halogens is 1. The Hall–Kier alpha value is -1.21. The van der Waals surface area contributed by atoms with Crippen LogP contribution in [0.25, 0.3) is 0 Å². The number of benzene rings is 1. The lowest BCUT2D eigenvalue weighted by Gasteiger charge is -2.15. The minimum absolute atomic E-state index is 0.388. The fourth-order valence-electron chi connectivity index (χ4n) is 1.53. The molecule has 1 rings (SSSR count). The van der Waals surface area contributed by atoms with E-state index in [2.05, 4.69) is 26.6 Å². The average Bonchev–Trinajstić information content (AvgIpc) is 2.37. The third kappa shape index (κ3) is 5.42. The number of carbonyl (C=O) groups excluding carboxylic acids is 1. The van der Waals surface area contributed by atoms with Crippen LogP contribution in [0.3, 0.4) is 0 Å². The van der Waals surface area contributed by atoms with Gasteiger partial charge in [0.1, 0.15) is 6.04 Å². The zero-order chi connectivity index (χ0) is 15.1. The van der Waals surface area contributed by atoms with E-state index in [1.165, 1.54) is 11.8 Å². The first-order chi connectivity index (χ1) is 9.43. The Balaban J connectivity index is 2.63.